The van der Waals surface area contributed by atoms with E-state index in [1.165, 1.54) is 4.57 Å². The van der Waals surface area contributed by atoms with Crippen LogP contribution in [0.25, 0.3) is 10.9 Å². The van der Waals surface area contributed by atoms with E-state index >= 15 is 0 Å². The molecular weight excluding hydrogens is 392 g/mol. The minimum atomic E-state index is -0.150. The largest absolute Gasteiger partial charge is 0.357 e. The van der Waals surface area contributed by atoms with Crippen molar-refractivity contribution in [2.75, 3.05) is 25.0 Å². The van der Waals surface area contributed by atoms with Crippen LogP contribution in [-0.2, 0) is 6.54 Å². The van der Waals surface area contributed by atoms with Crippen molar-refractivity contribution in [2.24, 2.45) is 0 Å². The Kier molecular flexibility index (Phi) is 5.63. The zero-order valence-corrected chi connectivity index (χ0v) is 18.3. The Balaban J connectivity index is 1.53. The lowest BCUT2D eigenvalue weighted by Gasteiger charge is -2.37. The number of H-pyrrole nitrogens is 1. The van der Waals surface area contributed by atoms with E-state index in [2.05, 4.69) is 26.4 Å². The fourth-order valence-electron chi connectivity index (χ4n) is 4.34. The fraction of sp³-hybridized carbons (Fsp3) is 0.391. The van der Waals surface area contributed by atoms with Crippen LogP contribution in [-0.4, -0.2) is 56.5 Å². The van der Waals surface area contributed by atoms with Crippen molar-refractivity contribution in [1.82, 2.24) is 24.4 Å². The van der Waals surface area contributed by atoms with Crippen LogP contribution in [0.2, 0.25) is 0 Å². The van der Waals surface area contributed by atoms with Crippen molar-refractivity contribution < 1.29 is 4.79 Å². The number of aromatic amines is 1. The second-order valence-corrected chi connectivity index (χ2v) is 8.10. The Morgan fingerprint density at radius 2 is 2.06 bits per heavy atom. The van der Waals surface area contributed by atoms with E-state index in [0.29, 0.717) is 23.0 Å². The van der Waals surface area contributed by atoms with Gasteiger partial charge in [0.2, 0.25) is 0 Å². The van der Waals surface area contributed by atoms with E-state index in [-0.39, 0.29) is 17.5 Å². The highest BCUT2D eigenvalue weighted by Crippen LogP contribution is 2.24. The molecule has 3 aromatic rings. The third-order valence-corrected chi connectivity index (χ3v) is 5.96. The van der Waals surface area contributed by atoms with Crippen molar-refractivity contribution in [3.63, 3.8) is 0 Å². The summed E-state index contributed by atoms with van der Waals surface area (Å²) >= 11 is 0. The van der Waals surface area contributed by atoms with E-state index in [4.69, 9.17) is 0 Å². The molecule has 0 bridgehead atoms. The van der Waals surface area contributed by atoms with E-state index in [1.807, 2.05) is 31.9 Å². The maximum Gasteiger partial charge on any atom is 0.275 e. The number of carbonyl (C=O) groups excluding carboxylic acids is 1. The van der Waals surface area contributed by atoms with Crippen LogP contribution in [0.15, 0.2) is 42.0 Å². The molecule has 8 nitrogen and oxygen atoms in total. The summed E-state index contributed by atoms with van der Waals surface area (Å²) in [6, 6.07) is 3.92. The molecule has 1 aliphatic rings. The molecule has 1 aliphatic heterocycles. The fourth-order valence-corrected chi connectivity index (χ4v) is 4.34. The Labute approximate surface area is 181 Å². The zero-order chi connectivity index (χ0) is 22.1. The number of fused-ring (bicyclic) bond motifs is 1. The standard InChI is InChI=1S/C23H28N6O2/c1-5-10-29-14-19(18-6-9-24-21(18)23(29)31)22(30)27(4)17-7-11-28(12-8-17)20-13-15(2)25-16(3)26-20/h5-6,9,13-14,17,24H,1,7-8,10-12H2,2-4H3. The Morgan fingerprint density at radius 3 is 2.74 bits per heavy atom. The molecule has 4 rings (SSSR count). The average Bonchev–Trinajstić information content (AvgIpc) is 3.25. The second-order valence-electron chi connectivity index (χ2n) is 8.10. The van der Waals surface area contributed by atoms with Gasteiger partial charge in [-0.25, -0.2) is 9.97 Å². The van der Waals surface area contributed by atoms with Crippen LogP contribution < -0.4 is 10.5 Å². The lowest BCUT2D eigenvalue weighted by atomic mass is 10.0. The summed E-state index contributed by atoms with van der Waals surface area (Å²) in [5.41, 5.74) is 1.79. The van der Waals surface area contributed by atoms with Gasteiger partial charge in [0, 0.05) is 62.3 Å². The number of piperidine rings is 1. The Morgan fingerprint density at radius 1 is 1.32 bits per heavy atom. The molecule has 1 amide bonds. The molecule has 162 valence electrons. The second kappa shape index (κ2) is 8.37. The molecule has 8 heteroatoms. The molecule has 0 unspecified atom stereocenters. The first kappa shape index (κ1) is 20.8. The van der Waals surface area contributed by atoms with Gasteiger partial charge >= 0.3 is 0 Å². The van der Waals surface area contributed by atoms with Crippen molar-refractivity contribution in [1.29, 1.82) is 0 Å². The normalized spacial score (nSPS) is 14.7. The number of aryl methyl sites for hydroxylation is 2. The highest BCUT2D eigenvalue weighted by molar-refractivity contribution is 6.05. The molecule has 0 aromatic carbocycles. The van der Waals surface area contributed by atoms with Gasteiger partial charge in [0.25, 0.3) is 11.5 Å². The predicted octanol–water partition coefficient (Wildman–Crippen LogP) is 2.66. The van der Waals surface area contributed by atoms with Crippen LogP contribution in [0, 0.1) is 13.8 Å². The monoisotopic (exact) mass is 420 g/mol. The molecule has 1 N–H and O–H groups in total. The predicted molar refractivity (Wildman–Crippen MR) is 122 cm³/mol. The van der Waals surface area contributed by atoms with Crippen molar-refractivity contribution in [3.8, 4) is 0 Å². The van der Waals surface area contributed by atoms with Crippen molar-refractivity contribution in [2.45, 2.75) is 39.3 Å². The van der Waals surface area contributed by atoms with Gasteiger partial charge in [0.1, 0.15) is 17.2 Å². The van der Waals surface area contributed by atoms with Gasteiger partial charge in [-0.15, -0.1) is 6.58 Å². The molecule has 31 heavy (non-hydrogen) atoms. The minimum absolute atomic E-state index is 0.0745. The summed E-state index contributed by atoms with van der Waals surface area (Å²) < 4.78 is 1.52. The lowest BCUT2D eigenvalue weighted by molar-refractivity contribution is 0.0710. The Hall–Kier alpha value is -3.42. The molecule has 1 saturated heterocycles. The van der Waals surface area contributed by atoms with Crippen LogP contribution in [0.1, 0.15) is 34.7 Å². The quantitative estimate of drug-likeness (QED) is 0.641. The summed E-state index contributed by atoms with van der Waals surface area (Å²) in [5.74, 6) is 1.65. The molecule has 3 aromatic heterocycles. The molecule has 0 atom stereocenters. The highest BCUT2D eigenvalue weighted by atomic mass is 16.2. The highest BCUT2D eigenvalue weighted by Gasteiger charge is 2.28. The van der Waals surface area contributed by atoms with E-state index in [9.17, 15) is 9.59 Å². The van der Waals surface area contributed by atoms with Crippen LogP contribution in [0.4, 0.5) is 5.82 Å². The van der Waals surface area contributed by atoms with E-state index in [0.717, 1.165) is 43.3 Å². The maximum absolute atomic E-state index is 13.4. The first-order chi connectivity index (χ1) is 14.9. The number of nitrogens with one attached hydrogen (secondary N) is 1. The number of amides is 1. The van der Waals surface area contributed by atoms with Crippen molar-refractivity contribution >= 4 is 22.6 Å². The third kappa shape index (κ3) is 3.97. The topological polar surface area (TPSA) is 87.1 Å². The van der Waals surface area contributed by atoms with Gasteiger partial charge < -0.3 is 19.4 Å². The summed E-state index contributed by atoms with van der Waals surface area (Å²) in [7, 11) is 1.85. The summed E-state index contributed by atoms with van der Waals surface area (Å²) in [6.45, 7) is 9.60. The summed E-state index contributed by atoms with van der Waals surface area (Å²) in [5, 5.41) is 0.659. The zero-order valence-electron chi connectivity index (χ0n) is 18.3. The molecule has 0 saturated carbocycles. The van der Waals surface area contributed by atoms with Crippen LogP contribution >= 0.6 is 0 Å². The van der Waals surface area contributed by atoms with Gasteiger partial charge in [-0.1, -0.05) is 6.08 Å². The SMILES string of the molecule is C=CCn1cc(C(=O)N(C)C2CCN(c3cc(C)nc(C)n3)CC2)c2cc[nH]c2c1=O. The summed E-state index contributed by atoms with van der Waals surface area (Å²) in [6.07, 6.45) is 6.71. The van der Waals surface area contributed by atoms with E-state index in [1.54, 1.807) is 24.5 Å². The minimum Gasteiger partial charge on any atom is -0.357 e. The molecule has 0 aliphatic carbocycles. The maximum atomic E-state index is 13.4. The van der Waals surface area contributed by atoms with E-state index < -0.39 is 0 Å². The van der Waals surface area contributed by atoms with Gasteiger partial charge in [0.15, 0.2) is 0 Å². The average molecular weight is 421 g/mol. The molecule has 4 heterocycles. The first-order valence-electron chi connectivity index (χ1n) is 10.5. The van der Waals surface area contributed by atoms with Gasteiger partial charge in [-0.2, -0.15) is 0 Å². The Bertz CT molecular complexity index is 1170. The number of rotatable bonds is 5. The number of pyridine rings is 1. The summed E-state index contributed by atoms with van der Waals surface area (Å²) in [4.78, 5) is 42.0. The molecule has 0 spiro atoms. The number of hydrogen-bond donors (Lipinski definition) is 1. The van der Waals surface area contributed by atoms with Gasteiger partial charge in [-0.3, -0.25) is 9.59 Å². The third-order valence-electron chi connectivity index (χ3n) is 5.96. The number of nitrogens with zero attached hydrogens (tertiary/aromatic N) is 5. The van der Waals surface area contributed by atoms with Gasteiger partial charge in [0.05, 0.1) is 5.56 Å². The molecule has 0 radical (unpaired) electrons. The smallest absolute Gasteiger partial charge is 0.275 e. The molecule has 1 fully saturated rings. The number of aromatic nitrogens is 4. The number of allylic oxidation sites excluding steroid dienone is 1. The number of hydrogen-bond acceptors (Lipinski definition) is 5. The first-order valence-corrected chi connectivity index (χ1v) is 10.5. The van der Waals surface area contributed by atoms with Crippen LogP contribution in [0.5, 0.6) is 0 Å². The number of anilines is 1. The van der Waals surface area contributed by atoms with Gasteiger partial charge in [-0.05, 0) is 32.8 Å². The van der Waals surface area contributed by atoms with Crippen LogP contribution in [0.3, 0.4) is 0 Å². The van der Waals surface area contributed by atoms with Crippen molar-refractivity contribution in [3.05, 3.63) is 64.6 Å². The molecular formula is C23H28N6O2. The lowest BCUT2D eigenvalue weighted by Crippen LogP contribution is -2.46. The number of carbonyl (C=O) groups is 1.